The number of hydrogen-bond acceptors (Lipinski definition) is 3. The molecule has 5 nitrogen and oxygen atoms in total. The van der Waals surface area contributed by atoms with Crippen molar-refractivity contribution in [1.82, 2.24) is 10.2 Å². The van der Waals surface area contributed by atoms with Crippen LogP contribution in [0.5, 0.6) is 0 Å². The fraction of sp³-hybridized carbons (Fsp3) is 0.300. The number of carbonyl (C=O) groups is 2. The summed E-state index contributed by atoms with van der Waals surface area (Å²) in [7, 11) is 0. The van der Waals surface area contributed by atoms with E-state index in [-0.39, 0.29) is 29.7 Å². The minimum Gasteiger partial charge on any atom is -0.399 e. The number of likely N-dealkylation sites (tertiary alicyclic amines) is 1. The van der Waals surface area contributed by atoms with Crippen molar-refractivity contribution in [3.8, 4) is 0 Å². The summed E-state index contributed by atoms with van der Waals surface area (Å²) in [5.74, 6) is 0.474. The molecule has 2 aromatic carbocycles. The molecule has 1 aliphatic carbocycles. The van der Waals surface area contributed by atoms with Crippen molar-refractivity contribution in [3.63, 3.8) is 0 Å². The fourth-order valence-corrected chi connectivity index (χ4v) is 4.24. The lowest BCUT2D eigenvalue weighted by atomic mass is 9.94. The van der Waals surface area contributed by atoms with Gasteiger partial charge in [0, 0.05) is 43.1 Å². The third-order valence-electron chi connectivity index (χ3n) is 5.33. The Morgan fingerprint density at radius 3 is 2.40 bits per heavy atom. The Balaban J connectivity index is 1.61. The second kappa shape index (κ2) is 5.92. The van der Waals surface area contributed by atoms with Crippen LogP contribution in [0, 0.1) is 5.92 Å². The van der Waals surface area contributed by atoms with Crippen LogP contribution in [0.15, 0.2) is 48.5 Å². The van der Waals surface area contributed by atoms with Gasteiger partial charge < -0.3 is 16.0 Å². The van der Waals surface area contributed by atoms with E-state index in [0.29, 0.717) is 24.3 Å². The van der Waals surface area contributed by atoms with Crippen LogP contribution in [0.4, 0.5) is 5.69 Å². The van der Waals surface area contributed by atoms with E-state index in [9.17, 15) is 9.59 Å². The van der Waals surface area contributed by atoms with Crippen molar-refractivity contribution in [3.05, 3.63) is 65.2 Å². The molecule has 1 saturated heterocycles. The standard InChI is InChI=1S/C20H21N3O2/c1-12(24)22-19-16-5-3-2-4-15(16)17-10-23(11-18(17)19)20(25)13-6-8-14(21)9-7-13/h2-9,17-19H,10-11,21H2,1H3,(H,22,24)/t17-,18-,19-/m0/s1. The number of rotatable bonds is 2. The van der Waals surface area contributed by atoms with Crippen molar-refractivity contribution >= 4 is 17.5 Å². The van der Waals surface area contributed by atoms with Crippen LogP contribution in [0.25, 0.3) is 0 Å². The average Bonchev–Trinajstić information content (AvgIpc) is 3.14. The van der Waals surface area contributed by atoms with Crippen LogP contribution >= 0.6 is 0 Å². The summed E-state index contributed by atoms with van der Waals surface area (Å²) >= 11 is 0. The number of carbonyl (C=O) groups excluding carboxylic acids is 2. The first-order valence-electron chi connectivity index (χ1n) is 8.55. The molecule has 25 heavy (non-hydrogen) atoms. The first kappa shape index (κ1) is 15.7. The van der Waals surface area contributed by atoms with Gasteiger partial charge in [0.15, 0.2) is 0 Å². The van der Waals surface area contributed by atoms with Gasteiger partial charge in [-0.05, 0) is 35.4 Å². The molecule has 1 aliphatic heterocycles. The maximum atomic E-state index is 12.8. The summed E-state index contributed by atoms with van der Waals surface area (Å²) in [6.45, 7) is 2.87. The molecule has 2 aromatic rings. The predicted octanol–water partition coefficient (Wildman–Crippen LogP) is 2.32. The summed E-state index contributed by atoms with van der Waals surface area (Å²) in [5, 5.41) is 3.08. The number of amides is 2. The summed E-state index contributed by atoms with van der Waals surface area (Å²) in [4.78, 5) is 26.4. The van der Waals surface area contributed by atoms with Crippen LogP contribution in [0.2, 0.25) is 0 Å². The molecule has 0 spiro atoms. The van der Waals surface area contributed by atoms with Gasteiger partial charge in [-0.25, -0.2) is 0 Å². The quantitative estimate of drug-likeness (QED) is 0.827. The Hall–Kier alpha value is -2.82. The highest BCUT2D eigenvalue weighted by Crippen LogP contribution is 2.49. The van der Waals surface area contributed by atoms with E-state index in [0.717, 1.165) is 0 Å². The number of anilines is 1. The summed E-state index contributed by atoms with van der Waals surface area (Å²) in [6.07, 6.45) is 0. The number of nitrogens with two attached hydrogens (primary N) is 1. The van der Waals surface area contributed by atoms with Gasteiger partial charge >= 0.3 is 0 Å². The fourth-order valence-electron chi connectivity index (χ4n) is 4.24. The Morgan fingerprint density at radius 1 is 1.04 bits per heavy atom. The van der Waals surface area contributed by atoms with Crippen LogP contribution in [0.1, 0.15) is 40.4 Å². The summed E-state index contributed by atoms with van der Waals surface area (Å²) in [6, 6.07) is 15.2. The van der Waals surface area contributed by atoms with E-state index in [1.165, 1.54) is 11.1 Å². The molecular weight excluding hydrogens is 314 g/mol. The molecule has 5 heteroatoms. The zero-order chi connectivity index (χ0) is 17.6. The second-order valence-electron chi connectivity index (χ2n) is 6.91. The molecule has 0 unspecified atom stereocenters. The van der Waals surface area contributed by atoms with Gasteiger partial charge in [-0.1, -0.05) is 24.3 Å². The first-order chi connectivity index (χ1) is 12.0. The summed E-state index contributed by atoms with van der Waals surface area (Å²) < 4.78 is 0. The maximum absolute atomic E-state index is 12.8. The molecular formula is C20H21N3O2. The van der Waals surface area contributed by atoms with Gasteiger partial charge in [-0.2, -0.15) is 0 Å². The number of benzene rings is 2. The molecule has 0 aromatic heterocycles. The van der Waals surface area contributed by atoms with Crippen LogP contribution in [-0.2, 0) is 4.79 Å². The Labute approximate surface area is 146 Å². The average molecular weight is 335 g/mol. The topological polar surface area (TPSA) is 75.4 Å². The molecule has 3 N–H and O–H groups in total. The minimum atomic E-state index is -0.0382. The zero-order valence-corrected chi connectivity index (χ0v) is 14.1. The molecule has 1 heterocycles. The van der Waals surface area contributed by atoms with Gasteiger partial charge in [0.1, 0.15) is 0 Å². The van der Waals surface area contributed by atoms with E-state index >= 15 is 0 Å². The highest BCUT2D eigenvalue weighted by Gasteiger charge is 2.47. The zero-order valence-electron chi connectivity index (χ0n) is 14.1. The van der Waals surface area contributed by atoms with Crippen molar-refractivity contribution < 1.29 is 9.59 Å². The maximum Gasteiger partial charge on any atom is 0.253 e. The Morgan fingerprint density at radius 2 is 1.72 bits per heavy atom. The smallest absolute Gasteiger partial charge is 0.253 e. The highest BCUT2D eigenvalue weighted by atomic mass is 16.2. The number of nitrogens with one attached hydrogen (secondary N) is 1. The lowest BCUT2D eigenvalue weighted by Crippen LogP contribution is -2.34. The second-order valence-corrected chi connectivity index (χ2v) is 6.91. The molecule has 0 radical (unpaired) electrons. The summed E-state index contributed by atoms with van der Waals surface area (Å²) in [5.41, 5.74) is 9.44. The van der Waals surface area contributed by atoms with Gasteiger partial charge in [0.05, 0.1) is 6.04 Å². The largest absolute Gasteiger partial charge is 0.399 e. The van der Waals surface area contributed by atoms with Crippen LogP contribution in [-0.4, -0.2) is 29.8 Å². The monoisotopic (exact) mass is 335 g/mol. The van der Waals surface area contributed by atoms with E-state index in [2.05, 4.69) is 17.4 Å². The van der Waals surface area contributed by atoms with Gasteiger partial charge in [0.25, 0.3) is 5.91 Å². The number of hydrogen-bond donors (Lipinski definition) is 2. The molecule has 0 saturated carbocycles. The Kier molecular flexibility index (Phi) is 3.71. The van der Waals surface area contributed by atoms with Crippen molar-refractivity contribution in [2.75, 3.05) is 18.8 Å². The van der Waals surface area contributed by atoms with Crippen molar-refractivity contribution in [2.45, 2.75) is 18.9 Å². The number of nitrogen functional groups attached to an aromatic ring is 1. The van der Waals surface area contributed by atoms with E-state index in [4.69, 9.17) is 5.73 Å². The molecule has 0 bridgehead atoms. The SMILES string of the molecule is CC(=O)N[C@H]1c2ccccc2[C@@H]2CN(C(=O)c3ccc(N)cc3)C[C@@H]21. The van der Waals surface area contributed by atoms with Crippen molar-refractivity contribution in [2.24, 2.45) is 5.92 Å². The van der Waals surface area contributed by atoms with Gasteiger partial charge in [-0.3, -0.25) is 9.59 Å². The van der Waals surface area contributed by atoms with Crippen LogP contribution < -0.4 is 11.1 Å². The van der Waals surface area contributed by atoms with Crippen LogP contribution in [0.3, 0.4) is 0 Å². The van der Waals surface area contributed by atoms with E-state index in [1.54, 1.807) is 31.2 Å². The number of fused-ring (bicyclic) bond motifs is 3. The molecule has 4 rings (SSSR count). The van der Waals surface area contributed by atoms with Gasteiger partial charge in [-0.15, -0.1) is 0 Å². The first-order valence-corrected chi connectivity index (χ1v) is 8.55. The molecule has 2 aliphatic rings. The number of nitrogens with zero attached hydrogens (tertiary/aromatic N) is 1. The molecule has 2 amide bonds. The third kappa shape index (κ3) is 2.65. The lowest BCUT2D eigenvalue weighted by molar-refractivity contribution is -0.120. The van der Waals surface area contributed by atoms with E-state index < -0.39 is 0 Å². The molecule has 1 fully saturated rings. The minimum absolute atomic E-state index is 0.0217. The predicted molar refractivity (Wildman–Crippen MR) is 96.0 cm³/mol. The molecule has 128 valence electrons. The van der Waals surface area contributed by atoms with E-state index in [1.807, 2.05) is 17.0 Å². The van der Waals surface area contributed by atoms with Crippen molar-refractivity contribution in [1.29, 1.82) is 0 Å². The third-order valence-corrected chi connectivity index (χ3v) is 5.33. The molecule has 3 atom stereocenters. The highest BCUT2D eigenvalue weighted by molar-refractivity contribution is 5.94. The lowest BCUT2D eigenvalue weighted by Gasteiger charge is -2.22. The Bertz CT molecular complexity index is 831. The normalized spacial score (nSPS) is 23.9. The van der Waals surface area contributed by atoms with Gasteiger partial charge in [0.2, 0.25) is 5.91 Å².